The fourth-order valence-corrected chi connectivity index (χ4v) is 4.23. The van der Waals surface area contributed by atoms with Crippen molar-refractivity contribution in [3.05, 3.63) is 60.2 Å². The highest BCUT2D eigenvalue weighted by Crippen LogP contribution is 2.22. The van der Waals surface area contributed by atoms with Gasteiger partial charge >= 0.3 is 0 Å². The van der Waals surface area contributed by atoms with Crippen LogP contribution in [0.3, 0.4) is 0 Å². The number of nitrogens with zero attached hydrogens (tertiary/aromatic N) is 1. The highest BCUT2D eigenvalue weighted by Gasteiger charge is 2.29. The highest BCUT2D eigenvalue weighted by atomic mass is 32.2. The zero-order valence-corrected chi connectivity index (χ0v) is 14.7. The maximum Gasteiger partial charge on any atom is 0.255 e. The summed E-state index contributed by atoms with van der Waals surface area (Å²) in [5.74, 6) is -0.282. The topological polar surface area (TPSA) is 75.7 Å². The first-order valence-electron chi connectivity index (χ1n) is 8.05. The number of benzene rings is 2. The van der Waals surface area contributed by atoms with E-state index in [0.717, 1.165) is 0 Å². The van der Waals surface area contributed by atoms with E-state index in [0.29, 0.717) is 30.9 Å². The van der Waals surface area contributed by atoms with Crippen LogP contribution in [0.5, 0.6) is 0 Å². The van der Waals surface area contributed by atoms with Gasteiger partial charge in [0.25, 0.3) is 5.91 Å². The van der Waals surface area contributed by atoms with Crippen molar-refractivity contribution in [2.75, 3.05) is 25.0 Å². The molecule has 6 nitrogen and oxygen atoms in total. The molecule has 1 heterocycles. The normalized spacial score (nSPS) is 18.7. The molecule has 1 unspecified atom stereocenters. The molecule has 0 aliphatic carbocycles. The van der Waals surface area contributed by atoms with E-state index >= 15 is 0 Å². The van der Waals surface area contributed by atoms with E-state index in [1.54, 1.807) is 36.4 Å². The number of morpholine rings is 1. The summed E-state index contributed by atoms with van der Waals surface area (Å²) in [5, 5.41) is 2.74. The summed E-state index contributed by atoms with van der Waals surface area (Å²) in [5.41, 5.74) is 0.953. The third kappa shape index (κ3) is 4.07. The van der Waals surface area contributed by atoms with E-state index in [1.165, 1.54) is 16.4 Å². The van der Waals surface area contributed by atoms with Crippen LogP contribution in [0.15, 0.2) is 59.5 Å². The summed E-state index contributed by atoms with van der Waals surface area (Å²) in [6.07, 6.45) is -0.135. The van der Waals surface area contributed by atoms with Crippen molar-refractivity contribution in [2.24, 2.45) is 0 Å². The smallest absolute Gasteiger partial charge is 0.255 e. The molecule has 3 rings (SSSR count). The maximum absolute atomic E-state index is 12.8. The number of ether oxygens (including phenoxy) is 1. The van der Waals surface area contributed by atoms with Gasteiger partial charge in [-0.05, 0) is 37.3 Å². The molecular weight excluding hydrogens is 340 g/mol. The van der Waals surface area contributed by atoms with Crippen LogP contribution in [0.4, 0.5) is 5.69 Å². The first kappa shape index (κ1) is 17.6. The van der Waals surface area contributed by atoms with Crippen LogP contribution in [0.2, 0.25) is 0 Å². The minimum absolute atomic E-state index is 0.135. The molecule has 1 saturated heterocycles. The van der Waals surface area contributed by atoms with E-state index in [4.69, 9.17) is 4.74 Å². The number of sulfonamides is 1. The number of anilines is 1. The summed E-state index contributed by atoms with van der Waals surface area (Å²) in [7, 11) is -3.62. The van der Waals surface area contributed by atoms with Crippen LogP contribution in [0.1, 0.15) is 17.3 Å². The zero-order valence-electron chi connectivity index (χ0n) is 13.9. The molecule has 0 radical (unpaired) electrons. The average Bonchev–Trinajstić information content (AvgIpc) is 2.62. The Bertz CT molecular complexity index is 852. The van der Waals surface area contributed by atoms with E-state index in [-0.39, 0.29) is 16.9 Å². The van der Waals surface area contributed by atoms with Crippen molar-refractivity contribution in [2.45, 2.75) is 17.9 Å². The van der Waals surface area contributed by atoms with Gasteiger partial charge in [-0.3, -0.25) is 4.79 Å². The first-order chi connectivity index (χ1) is 12.0. The van der Waals surface area contributed by atoms with Crippen molar-refractivity contribution in [1.29, 1.82) is 0 Å². The summed E-state index contributed by atoms with van der Waals surface area (Å²) < 4.78 is 32.4. The summed E-state index contributed by atoms with van der Waals surface area (Å²) in [4.78, 5) is 12.4. The molecular formula is C18H20N2O4S. The average molecular weight is 360 g/mol. The Balaban J connectivity index is 1.80. The number of rotatable bonds is 4. The SMILES string of the molecule is CC1CN(S(=O)(=O)c2cccc(NC(=O)c3ccccc3)c2)CCO1. The van der Waals surface area contributed by atoms with Gasteiger partial charge in [0.1, 0.15) is 0 Å². The fourth-order valence-electron chi connectivity index (χ4n) is 2.68. The summed E-state index contributed by atoms with van der Waals surface area (Å²) >= 11 is 0. The van der Waals surface area contributed by atoms with E-state index in [9.17, 15) is 13.2 Å². The number of carbonyl (C=O) groups excluding carboxylic acids is 1. The molecule has 2 aromatic rings. The molecule has 0 saturated carbocycles. The van der Waals surface area contributed by atoms with Crippen LogP contribution in [-0.4, -0.2) is 44.4 Å². The minimum atomic E-state index is -3.62. The number of hydrogen-bond donors (Lipinski definition) is 1. The Morgan fingerprint density at radius 1 is 1.16 bits per heavy atom. The van der Waals surface area contributed by atoms with Gasteiger partial charge in [-0.1, -0.05) is 24.3 Å². The lowest BCUT2D eigenvalue weighted by molar-refractivity contribution is 0.0102. The number of hydrogen-bond acceptors (Lipinski definition) is 4. The number of carbonyl (C=O) groups is 1. The first-order valence-corrected chi connectivity index (χ1v) is 9.49. The molecule has 1 aliphatic heterocycles. The molecule has 1 amide bonds. The lowest BCUT2D eigenvalue weighted by Crippen LogP contribution is -2.44. The van der Waals surface area contributed by atoms with Crippen molar-refractivity contribution in [3.63, 3.8) is 0 Å². The Morgan fingerprint density at radius 3 is 2.64 bits per heavy atom. The fraction of sp³-hybridized carbons (Fsp3) is 0.278. The van der Waals surface area contributed by atoms with E-state index in [1.807, 2.05) is 13.0 Å². The van der Waals surface area contributed by atoms with Gasteiger partial charge < -0.3 is 10.1 Å². The van der Waals surface area contributed by atoms with E-state index < -0.39 is 10.0 Å². The lowest BCUT2D eigenvalue weighted by Gasteiger charge is -2.30. The minimum Gasteiger partial charge on any atom is -0.376 e. The van der Waals surface area contributed by atoms with Gasteiger partial charge in [-0.15, -0.1) is 0 Å². The van der Waals surface area contributed by atoms with Crippen LogP contribution in [-0.2, 0) is 14.8 Å². The number of nitrogens with one attached hydrogen (secondary N) is 1. The Labute approximate surface area is 147 Å². The van der Waals surface area contributed by atoms with Gasteiger partial charge in [0.15, 0.2) is 0 Å². The zero-order chi connectivity index (χ0) is 17.9. The van der Waals surface area contributed by atoms with Gasteiger partial charge in [0, 0.05) is 24.3 Å². The number of amides is 1. The molecule has 2 aromatic carbocycles. The Kier molecular flexibility index (Phi) is 5.17. The second kappa shape index (κ2) is 7.35. The molecule has 0 aromatic heterocycles. The second-order valence-corrected chi connectivity index (χ2v) is 7.83. The van der Waals surface area contributed by atoms with E-state index in [2.05, 4.69) is 5.32 Å². The molecule has 132 valence electrons. The quantitative estimate of drug-likeness (QED) is 0.908. The van der Waals surface area contributed by atoms with Gasteiger partial charge in [0.05, 0.1) is 17.6 Å². The largest absolute Gasteiger partial charge is 0.376 e. The van der Waals surface area contributed by atoms with Crippen molar-refractivity contribution >= 4 is 21.6 Å². The molecule has 1 aliphatic rings. The van der Waals surface area contributed by atoms with Crippen LogP contribution >= 0.6 is 0 Å². The van der Waals surface area contributed by atoms with Gasteiger partial charge in [-0.25, -0.2) is 8.42 Å². The lowest BCUT2D eigenvalue weighted by atomic mass is 10.2. The molecule has 1 atom stereocenters. The third-order valence-corrected chi connectivity index (χ3v) is 5.83. The summed E-state index contributed by atoms with van der Waals surface area (Å²) in [6, 6.07) is 15.1. The molecule has 0 spiro atoms. The van der Waals surface area contributed by atoms with Crippen LogP contribution in [0.25, 0.3) is 0 Å². The predicted octanol–water partition coefficient (Wildman–Crippen LogP) is 2.35. The van der Waals surface area contributed by atoms with Crippen LogP contribution < -0.4 is 5.32 Å². The molecule has 1 fully saturated rings. The van der Waals surface area contributed by atoms with Gasteiger partial charge in [-0.2, -0.15) is 4.31 Å². The van der Waals surface area contributed by atoms with Crippen molar-refractivity contribution in [1.82, 2.24) is 4.31 Å². The molecule has 1 N–H and O–H groups in total. The van der Waals surface area contributed by atoms with Gasteiger partial charge in [0.2, 0.25) is 10.0 Å². The monoisotopic (exact) mass is 360 g/mol. The van der Waals surface area contributed by atoms with Crippen molar-refractivity contribution < 1.29 is 17.9 Å². The second-order valence-electron chi connectivity index (χ2n) is 5.89. The molecule has 7 heteroatoms. The standard InChI is InChI=1S/C18H20N2O4S/c1-14-13-20(10-11-24-14)25(22,23)17-9-5-8-16(12-17)19-18(21)15-6-3-2-4-7-15/h2-9,12,14H,10-11,13H2,1H3,(H,19,21). The summed E-state index contributed by atoms with van der Waals surface area (Å²) in [6.45, 7) is 2.87. The maximum atomic E-state index is 12.8. The molecule has 0 bridgehead atoms. The Hall–Kier alpha value is -2.22. The predicted molar refractivity (Wildman–Crippen MR) is 95.0 cm³/mol. The van der Waals surface area contributed by atoms with Crippen molar-refractivity contribution in [3.8, 4) is 0 Å². The van der Waals surface area contributed by atoms with Crippen LogP contribution in [0, 0.1) is 0 Å². The third-order valence-electron chi connectivity index (χ3n) is 3.97. The molecule has 25 heavy (non-hydrogen) atoms. The Morgan fingerprint density at radius 2 is 1.92 bits per heavy atom. The highest BCUT2D eigenvalue weighted by molar-refractivity contribution is 7.89.